The molecule has 196 valence electrons. The van der Waals surface area contributed by atoms with Crippen LogP contribution in [0.3, 0.4) is 0 Å². The Hall–Kier alpha value is -4.49. The molecule has 2 aromatic heterocycles. The molecule has 5 aromatic rings. The Kier molecular flexibility index (Phi) is 6.59. The van der Waals surface area contributed by atoms with E-state index in [4.69, 9.17) is 21.4 Å². The van der Waals surface area contributed by atoms with E-state index in [1.54, 1.807) is 19.2 Å². The molecule has 0 fully saturated rings. The number of amides is 2. The predicted octanol–water partition coefficient (Wildman–Crippen LogP) is 7.02. The summed E-state index contributed by atoms with van der Waals surface area (Å²) in [6.07, 6.45) is 2.77. The van der Waals surface area contributed by atoms with Crippen molar-refractivity contribution in [1.29, 1.82) is 0 Å². The Morgan fingerprint density at radius 1 is 1.00 bits per heavy atom. The first-order valence-electron chi connectivity index (χ1n) is 12.9. The van der Waals surface area contributed by atoms with Crippen molar-refractivity contribution in [3.05, 3.63) is 125 Å². The Morgan fingerprint density at radius 2 is 1.74 bits per heavy atom. The zero-order valence-corrected chi connectivity index (χ0v) is 22.5. The lowest BCUT2D eigenvalue weighted by Crippen LogP contribution is -2.38. The van der Waals surface area contributed by atoms with Gasteiger partial charge >= 0.3 is 6.03 Å². The van der Waals surface area contributed by atoms with Gasteiger partial charge < -0.3 is 19.5 Å². The van der Waals surface area contributed by atoms with Crippen LogP contribution in [-0.4, -0.2) is 32.4 Å². The molecule has 39 heavy (non-hydrogen) atoms. The summed E-state index contributed by atoms with van der Waals surface area (Å²) < 4.78 is 9.55. The summed E-state index contributed by atoms with van der Waals surface area (Å²) in [5.41, 5.74) is 5.39. The van der Waals surface area contributed by atoms with Gasteiger partial charge in [0.25, 0.3) is 0 Å². The number of methoxy groups -OCH3 is 1. The van der Waals surface area contributed by atoms with Gasteiger partial charge in [0.15, 0.2) is 0 Å². The molecule has 1 N–H and O–H groups in total. The monoisotopic (exact) mass is 537 g/mol. The van der Waals surface area contributed by atoms with Gasteiger partial charge in [-0.1, -0.05) is 61.0 Å². The van der Waals surface area contributed by atoms with E-state index in [2.05, 4.69) is 22.9 Å². The SMILES string of the molecule is CCc1nn(-c2ccccc2)c2c1CN(C(=O)Nc1ccccc1Cl)[C@@H](c1ccc(OC)cc1)c1cccn1-2. The molecule has 0 saturated heterocycles. The van der Waals surface area contributed by atoms with Crippen molar-refractivity contribution in [2.24, 2.45) is 0 Å². The number of para-hydroxylation sites is 2. The number of urea groups is 1. The van der Waals surface area contributed by atoms with Crippen LogP contribution in [0.4, 0.5) is 10.5 Å². The molecule has 1 atom stereocenters. The van der Waals surface area contributed by atoms with Crippen LogP contribution in [0.1, 0.15) is 35.5 Å². The standard InChI is InChI=1S/C31H28ClN5O2/c1-3-26-24-20-36(31(38)33-27-13-8-7-12-25(27)32)29(21-15-17-23(39-2)18-16-21)28-14-9-19-35(28)30(24)37(34-26)22-10-5-4-6-11-22/h4-19,29H,3,20H2,1-2H3,(H,33,38)/t29-/m0/s1. The number of nitrogens with zero attached hydrogens (tertiary/aromatic N) is 4. The van der Waals surface area contributed by atoms with E-state index >= 15 is 0 Å². The summed E-state index contributed by atoms with van der Waals surface area (Å²) in [6.45, 7) is 2.45. The van der Waals surface area contributed by atoms with Gasteiger partial charge in [0, 0.05) is 11.8 Å². The van der Waals surface area contributed by atoms with Gasteiger partial charge in [0.2, 0.25) is 0 Å². The Balaban J connectivity index is 1.55. The second kappa shape index (κ2) is 10.3. The van der Waals surface area contributed by atoms with E-state index in [1.165, 1.54) is 0 Å². The van der Waals surface area contributed by atoms with Crippen LogP contribution >= 0.6 is 11.6 Å². The Labute approximate surface area is 232 Å². The lowest BCUT2D eigenvalue weighted by molar-refractivity contribution is 0.194. The normalized spacial score (nSPS) is 14.3. The minimum absolute atomic E-state index is 0.251. The Bertz CT molecular complexity index is 1620. The van der Waals surface area contributed by atoms with Crippen molar-refractivity contribution >= 4 is 23.3 Å². The van der Waals surface area contributed by atoms with Gasteiger partial charge in [0.05, 0.1) is 47.5 Å². The van der Waals surface area contributed by atoms with Gasteiger partial charge in [0.1, 0.15) is 11.6 Å². The molecule has 6 rings (SSSR count). The van der Waals surface area contributed by atoms with Crippen LogP contribution in [0.2, 0.25) is 5.02 Å². The van der Waals surface area contributed by atoms with Gasteiger partial charge in [-0.3, -0.25) is 0 Å². The summed E-state index contributed by atoms with van der Waals surface area (Å²) in [7, 11) is 1.65. The van der Waals surface area contributed by atoms with E-state index in [9.17, 15) is 4.79 Å². The number of hydrogen-bond acceptors (Lipinski definition) is 3. The molecule has 3 heterocycles. The number of aromatic nitrogens is 3. The number of benzene rings is 3. The van der Waals surface area contributed by atoms with Gasteiger partial charge in [-0.15, -0.1) is 0 Å². The van der Waals surface area contributed by atoms with E-state index in [1.807, 2.05) is 88.6 Å². The smallest absolute Gasteiger partial charge is 0.323 e. The molecule has 1 aliphatic heterocycles. The topological polar surface area (TPSA) is 64.3 Å². The predicted molar refractivity (Wildman–Crippen MR) is 153 cm³/mol. The molecule has 1 aliphatic rings. The van der Waals surface area contributed by atoms with E-state index in [-0.39, 0.29) is 12.1 Å². The fraction of sp³-hybridized carbons (Fsp3) is 0.161. The second-order valence-electron chi connectivity index (χ2n) is 9.37. The van der Waals surface area contributed by atoms with Gasteiger partial charge in [-0.25, -0.2) is 9.48 Å². The molecular formula is C31H28ClN5O2. The van der Waals surface area contributed by atoms with E-state index in [0.717, 1.165) is 46.2 Å². The molecule has 0 unspecified atom stereocenters. The number of halogens is 1. The highest BCUT2D eigenvalue weighted by Crippen LogP contribution is 2.39. The molecule has 0 aliphatic carbocycles. The van der Waals surface area contributed by atoms with E-state index in [0.29, 0.717) is 17.3 Å². The third kappa shape index (κ3) is 4.45. The fourth-order valence-electron chi connectivity index (χ4n) is 5.23. The average molecular weight is 538 g/mol. The number of hydrogen-bond donors (Lipinski definition) is 1. The maximum atomic E-state index is 14.1. The molecule has 0 spiro atoms. The first kappa shape index (κ1) is 24.8. The molecule has 0 radical (unpaired) electrons. The number of anilines is 1. The molecule has 0 bridgehead atoms. The lowest BCUT2D eigenvalue weighted by atomic mass is 10.0. The number of fused-ring (bicyclic) bond motifs is 3. The first-order chi connectivity index (χ1) is 19.1. The number of carbonyl (C=O) groups is 1. The van der Waals surface area contributed by atoms with Crippen molar-refractivity contribution < 1.29 is 9.53 Å². The summed E-state index contributed by atoms with van der Waals surface area (Å²) in [5, 5.41) is 8.55. The zero-order valence-electron chi connectivity index (χ0n) is 21.7. The third-order valence-corrected chi connectivity index (χ3v) is 7.44. The average Bonchev–Trinajstić information content (AvgIpc) is 3.56. The second-order valence-corrected chi connectivity index (χ2v) is 9.77. The molecular weight excluding hydrogens is 510 g/mol. The number of nitrogens with one attached hydrogen (secondary N) is 1. The van der Waals surface area contributed by atoms with Crippen LogP contribution in [0.25, 0.3) is 11.5 Å². The highest BCUT2D eigenvalue weighted by molar-refractivity contribution is 6.33. The van der Waals surface area contributed by atoms with Crippen molar-refractivity contribution in [2.45, 2.75) is 25.9 Å². The van der Waals surface area contributed by atoms with Crippen molar-refractivity contribution in [3.63, 3.8) is 0 Å². The number of ether oxygens (including phenoxy) is 1. The van der Waals surface area contributed by atoms with Crippen LogP contribution in [0, 0.1) is 0 Å². The minimum atomic E-state index is -0.380. The van der Waals surface area contributed by atoms with Crippen LogP contribution < -0.4 is 10.1 Å². The molecule has 8 heteroatoms. The molecule has 3 aromatic carbocycles. The number of rotatable bonds is 5. The van der Waals surface area contributed by atoms with Crippen LogP contribution in [-0.2, 0) is 13.0 Å². The maximum Gasteiger partial charge on any atom is 0.323 e. The van der Waals surface area contributed by atoms with Gasteiger partial charge in [-0.05, 0) is 60.5 Å². The van der Waals surface area contributed by atoms with Crippen LogP contribution in [0.15, 0.2) is 97.2 Å². The number of aryl methyl sites for hydroxylation is 1. The highest BCUT2D eigenvalue weighted by Gasteiger charge is 2.36. The summed E-state index contributed by atoms with van der Waals surface area (Å²) in [4.78, 5) is 16.0. The molecule has 0 saturated carbocycles. The van der Waals surface area contributed by atoms with Crippen molar-refractivity contribution in [2.75, 3.05) is 12.4 Å². The summed E-state index contributed by atoms with van der Waals surface area (Å²) in [5.74, 6) is 1.69. The zero-order chi connectivity index (χ0) is 26.9. The maximum absolute atomic E-state index is 14.1. The van der Waals surface area contributed by atoms with Crippen molar-refractivity contribution in [1.82, 2.24) is 19.2 Å². The quantitative estimate of drug-likeness (QED) is 0.262. The Morgan fingerprint density at radius 3 is 2.46 bits per heavy atom. The first-order valence-corrected chi connectivity index (χ1v) is 13.3. The molecule has 7 nitrogen and oxygen atoms in total. The lowest BCUT2D eigenvalue weighted by Gasteiger charge is -2.31. The van der Waals surface area contributed by atoms with Crippen LogP contribution in [0.5, 0.6) is 5.75 Å². The number of carbonyl (C=O) groups excluding carboxylic acids is 1. The third-order valence-electron chi connectivity index (χ3n) is 7.11. The summed E-state index contributed by atoms with van der Waals surface area (Å²) >= 11 is 6.43. The molecule has 2 amide bonds. The van der Waals surface area contributed by atoms with Gasteiger partial charge in [-0.2, -0.15) is 5.10 Å². The van der Waals surface area contributed by atoms with Crippen molar-refractivity contribution in [3.8, 4) is 17.3 Å². The van der Waals surface area contributed by atoms with E-state index < -0.39 is 0 Å². The summed E-state index contributed by atoms with van der Waals surface area (Å²) in [6, 6.07) is 28.7. The fourth-order valence-corrected chi connectivity index (χ4v) is 5.42. The highest BCUT2D eigenvalue weighted by atomic mass is 35.5. The minimum Gasteiger partial charge on any atom is -0.497 e. The largest absolute Gasteiger partial charge is 0.497 e.